The Morgan fingerprint density at radius 1 is 1.25 bits per heavy atom. The van der Waals surface area contributed by atoms with Gasteiger partial charge in [0.15, 0.2) is 0 Å². The van der Waals surface area contributed by atoms with Crippen LogP contribution in [0.15, 0.2) is 18.3 Å². The lowest BCUT2D eigenvalue weighted by molar-refractivity contribution is -0.138. The summed E-state index contributed by atoms with van der Waals surface area (Å²) in [7, 11) is 5.30. The molecule has 28 heavy (non-hydrogen) atoms. The zero-order valence-electron chi connectivity index (χ0n) is 17.1. The van der Waals surface area contributed by atoms with E-state index in [1.807, 2.05) is 27.9 Å². The summed E-state index contributed by atoms with van der Waals surface area (Å²) in [5, 5.41) is 10.1. The summed E-state index contributed by atoms with van der Waals surface area (Å²) in [6, 6.07) is 2.67. The van der Waals surface area contributed by atoms with E-state index in [2.05, 4.69) is 20.4 Å². The molecule has 1 aromatic heterocycles. The van der Waals surface area contributed by atoms with Gasteiger partial charge in [-0.05, 0) is 44.1 Å². The topological polar surface area (TPSA) is 53.2 Å². The molecule has 5 nitrogen and oxygen atoms in total. The first-order valence-electron chi connectivity index (χ1n) is 9.31. The van der Waals surface area contributed by atoms with E-state index in [9.17, 15) is 13.2 Å². The Kier molecular flexibility index (Phi) is 7.48. The lowest BCUT2D eigenvalue weighted by atomic mass is 9.93. The van der Waals surface area contributed by atoms with Gasteiger partial charge in [0.05, 0.1) is 12.7 Å². The fourth-order valence-corrected chi connectivity index (χ4v) is 3.19. The second kappa shape index (κ2) is 9.43. The number of rotatable bonds is 9. The molecule has 0 atom stereocenters. The molecule has 0 radical (unpaired) electrons. The van der Waals surface area contributed by atoms with E-state index in [0.717, 1.165) is 18.7 Å². The summed E-state index contributed by atoms with van der Waals surface area (Å²) in [6.07, 6.45) is -2.39. The smallest absolute Gasteiger partial charge is 0.416 e. The van der Waals surface area contributed by atoms with E-state index in [-0.39, 0.29) is 11.5 Å². The Balaban J connectivity index is 2.50. The highest BCUT2D eigenvalue weighted by Crippen LogP contribution is 2.41. The highest BCUT2D eigenvalue weighted by atomic mass is 19.4. The molecule has 1 aromatic carbocycles. The van der Waals surface area contributed by atoms with Crippen LogP contribution in [0.4, 0.5) is 13.2 Å². The van der Waals surface area contributed by atoms with E-state index >= 15 is 0 Å². The molecule has 0 bridgehead atoms. The third-order valence-electron chi connectivity index (χ3n) is 4.52. The minimum atomic E-state index is -4.44. The fraction of sp³-hybridized carbons (Fsp3) is 0.550. The van der Waals surface area contributed by atoms with Crippen molar-refractivity contribution >= 4 is 0 Å². The quantitative estimate of drug-likeness (QED) is 0.672. The first-order chi connectivity index (χ1) is 13.2. The van der Waals surface area contributed by atoms with Crippen LogP contribution < -0.4 is 10.1 Å². The summed E-state index contributed by atoms with van der Waals surface area (Å²) in [4.78, 5) is 2.08. The molecule has 0 aliphatic rings. The van der Waals surface area contributed by atoms with Crippen molar-refractivity contribution in [3.8, 4) is 17.0 Å². The molecule has 0 aliphatic carbocycles. The van der Waals surface area contributed by atoms with Crippen molar-refractivity contribution in [1.82, 2.24) is 20.4 Å². The normalized spacial score (nSPS) is 12.2. The Morgan fingerprint density at radius 2 is 1.96 bits per heavy atom. The Bertz CT molecular complexity index is 771. The molecular formula is C20H29F3N4O. The number of ether oxygens (including phenoxy) is 1. The first kappa shape index (κ1) is 22.2. The van der Waals surface area contributed by atoms with Crippen LogP contribution in [-0.2, 0) is 19.1 Å². The third kappa shape index (κ3) is 5.48. The number of aromatic amines is 1. The number of alkyl halides is 3. The maximum atomic E-state index is 13.7. The highest BCUT2D eigenvalue weighted by Gasteiger charge is 2.35. The van der Waals surface area contributed by atoms with Crippen molar-refractivity contribution in [2.45, 2.75) is 33.0 Å². The number of likely N-dealkylation sites (N-methyl/N-ethyl adjacent to an activating group) is 2. The molecule has 0 spiro atoms. The average molecular weight is 398 g/mol. The van der Waals surface area contributed by atoms with Crippen molar-refractivity contribution in [2.24, 2.45) is 5.92 Å². The summed E-state index contributed by atoms with van der Waals surface area (Å²) in [5.41, 5.74) is 1.26. The number of H-pyrrole nitrogens is 1. The van der Waals surface area contributed by atoms with Crippen molar-refractivity contribution in [3.63, 3.8) is 0 Å². The number of nitrogens with zero attached hydrogens (tertiary/aromatic N) is 2. The molecule has 156 valence electrons. The largest absolute Gasteiger partial charge is 0.496 e. The van der Waals surface area contributed by atoms with Crippen LogP contribution in [-0.4, -0.2) is 49.4 Å². The monoisotopic (exact) mass is 398 g/mol. The maximum Gasteiger partial charge on any atom is 0.416 e. The van der Waals surface area contributed by atoms with Crippen LogP contribution in [0.25, 0.3) is 11.3 Å². The van der Waals surface area contributed by atoms with E-state index in [1.165, 1.54) is 19.2 Å². The Labute approximate surface area is 164 Å². The summed E-state index contributed by atoms with van der Waals surface area (Å²) < 4.78 is 46.6. The van der Waals surface area contributed by atoms with Crippen LogP contribution in [0.5, 0.6) is 5.75 Å². The van der Waals surface area contributed by atoms with E-state index < -0.39 is 11.7 Å². The first-order valence-corrected chi connectivity index (χ1v) is 9.31. The lowest BCUT2D eigenvalue weighted by Crippen LogP contribution is -2.27. The van der Waals surface area contributed by atoms with Crippen molar-refractivity contribution < 1.29 is 17.9 Å². The summed E-state index contributed by atoms with van der Waals surface area (Å²) in [6.45, 7) is 5.97. The van der Waals surface area contributed by atoms with Gasteiger partial charge < -0.3 is 15.0 Å². The van der Waals surface area contributed by atoms with Gasteiger partial charge in [-0.25, -0.2) is 0 Å². The van der Waals surface area contributed by atoms with Gasteiger partial charge >= 0.3 is 6.18 Å². The SMILES string of the molecule is CNCCN(C)Cc1c[nH]nc1-c1cc(C(F)(F)F)c(CC(C)C)cc1OC. The lowest BCUT2D eigenvalue weighted by Gasteiger charge is -2.20. The molecule has 8 heteroatoms. The number of methoxy groups -OCH3 is 1. The molecule has 0 unspecified atom stereocenters. The van der Waals surface area contributed by atoms with Crippen molar-refractivity contribution in [1.29, 1.82) is 0 Å². The van der Waals surface area contributed by atoms with Gasteiger partial charge in [0.1, 0.15) is 11.4 Å². The minimum Gasteiger partial charge on any atom is -0.496 e. The number of hydrogen-bond acceptors (Lipinski definition) is 4. The molecule has 2 aromatic rings. The summed E-state index contributed by atoms with van der Waals surface area (Å²) in [5.74, 6) is 0.494. The number of halogens is 3. The average Bonchev–Trinajstić information content (AvgIpc) is 3.05. The van der Waals surface area contributed by atoms with Crippen molar-refractivity contribution in [3.05, 3.63) is 35.0 Å². The standard InChI is InChI=1S/C20H29F3N4O/c1-13(2)8-14-9-18(28-5)16(10-17(14)20(21,22)23)19-15(11-25-26-19)12-27(4)7-6-24-3/h9-11,13,24H,6-8,12H2,1-5H3,(H,25,26). The zero-order valence-corrected chi connectivity index (χ0v) is 17.1. The Hall–Kier alpha value is -2.06. The van der Waals surface area contributed by atoms with E-state index in [4.69, 9.17) is 4.74 Å². The molecule has 2 N–H and O–H groups in total. The third-order valence-corrected chi connectivity index (χ3v) is 4.52. The fourth-order valence-electron chi connectivity index (χ4n) is 3.19. The van der Waals surface area contributed by atoms with Gasteiger partial charge in [-0.1, -0.05) is 13.8 Å². The van der Waals surface area contributed by atoms with Crippen molar-refractivity contribution in [2.75, 3.05) is 34.3 Å². The number of benzene rings is 1. The summed E-state index contributed by atoms with van der Waals surface area (Å²) >= 11 is 0. The predicted molar refractivity (Wildman–Crippen MR) is 104 cm³/mol. The molecule has 0 saturated heterocycles. The van der Waals surface area contributed by atoms with Gasteiger partial charge in [0, 0.05) is 37.0 Å². The van der Waals surface area contributed by atoms with Crippen LogP contribution in [0.1, 0.15) is 30.5 Å². The predicted octanol–water partition coefficient (Wildman–Crippen LogP) is 3.95. The van der Waals surface area contributed by atoms with Crippen LogP contribution in [0.2, 0.25) is 0 Å². The molecule has 0 saturated carbocycles. The second-order valence-corrected chi connectivity index (χ2v) is 7.41. The molecule has 1 heterocycles. The molecule has 2 rings (SSSR count). The van der Waals surface area contributed by atoms with Gasteiger partial charge in [-0.3, -0.25) is 5.10 Å². The van der Waals surface area contributed by atoms with Crippen LogP contribution in [0.3, 0.4) is 0 Å². The van der Waals surface area contributed by atoms with Crippen LogP contribution >= 0.6 is 0 Å². The van der Waals surface area contributed by atoms with E-state index in [0.29, 0.717) is 30.0 Å². The highest BCUT2D eigenvalue weighted by molar-refractivity contribution is 5.72. The van der Waals surface area contributed by atoms with Gasteiger partial charge in [0.2, 0.25) is 0 Å². The number of aromatic nitrogens is 2. The molecule has 0 fully saturated rings. The van der Waals surface area contributed by atoms with Gasteiger partial charge in [0.25, 0.3) is 0 Å². The maximum absolute atomic E-state index is 13.7. The van der Waals surface area contributed by atoms with E-state index in [1.54, 1.807) is 6.20 Å². The number of hydrogen-bond donors (Lipinski definition) is 2. The zero-order chi connectivity index (χ0) is 20.9. The molecular weight excluding hydrogens is 369 g/mol. The van der Waals surface area contributed by atoms with Gasteiger partial charge in [-0.2, -0.15) is 18.3 Å². The Morgan fingerprint density at radius 3 is 2.54 bits per heavy atom. The van der Waals surface area contributed by atoms with Crippen LogP contribution in [0, 0.1) is 5.92 Å². The van der Waals surface area contributed by atoms with Gasteiger partial charge in [-0.15, -0.1) is 0 Å². The minimum absolute atomic E-state index is 0.0958. The second-order valence-electron chi connectivity index (χ2n) is 7.41. The molecule has 0 aliphatic heterocycles. The molecule has 0 amide bonds. The number of nitrogens with one attached hydrogen (secondary N) is 2.